The first-order valence-electron chi connectivity index (χ1n) is 7.75. The molecule has 0 saturated heterocycles. The molecule has 0 aliphatic heterocycles. The topological polar surface area (TPSA) is 41.1 Å². The fraction of sp³-hybridized carbons (Fsp3) is 0.158. The Morgan fingerprint density at radius 2 is 1.71 bits per heavy atom. The van der Waals surface area contributed by atoms with Gasteiger partial charge in [-0.2, -0.15) is 4.98 Å². The van der Waals surface area contributed by atoms with E-state index in [4.69, 9.17) is 11.6 Å². The summed E-state index contributed by atoms with van der Waals surface area (Å²) in [4.78, 5) is 11.1. The summed E-state index contributed by atoms with van der Waals surface area (Å²) in [5.41, 5.74) is 3.00. The van der Waals surface area contributed by atoms with Crippen molar-refractivity contribution in [2.75, 3.05) is 17.3 Å². The van der Waals surface area contributed by atoms with Crippen LogP contribution in [0, 0.1) is 6.92 Å². The zero-order chi connectivity index (χ0) is 16.9. The van der Waals surface area contributed by atoms with Gasteiger partial charge in [-0.15, -0.1) is 0 Å². The van der Waals surface area contributed by atoms with Crippen molar-refractivity contribution in [1.29, 1.82) is 0 Å². The lowest BCUT2D eigenvalue weighted by Gasteiger charge is -2.19. The molecule has 24 heavy (non-hydrogen) atoms. The summed E-state index contributed by atoms with van der Waals surface area (Å²) in [6.07, 6.45) is 0. The van der Waals surface area contributed by atoms with Crippen LogP contribution in [0.25, 0.3) is 0 Å². The van der Waals surface area contributed by atoms with E-state index in [2.05, 4.69) is 15.3 Å². The molecule has 3 rings (SSSR count). The molecule has 3 aromatic rings. The second kappa shape index (κ2) is 7.32. The van der Waals surface area contributed by atoms with Gasteiger partial charge in [0.1, 0.15) is 5.82 Å². The molecule has 0 radical (unpaired) electrons. The van der Waals surface area contributed by atoms with Crippen LogP contribution < -0.4 is 10.2 Å². The van der Waals surface area contributed by atoms with E-state index in [1.807, 2.05) is 79.5 Å². The van der Waals surface area contributed by atoms with Gasteiger partial charge in [0, 0.05) is 36.1 Å². The van der Waals surface area contributed by atoms with Gasteiger partial charge in [-0.25, -0.2) is 4.98 Å². The van der Waals surface area contributed by atoms with Crippen molar-refractivity contribution < 1.29 is 0 Å². The normalized spacial score (nSPS) is 10.5. The number of nitrogens with one attached hydrogen (secondary N) is 1. The number of anilines is 3. The summed E-state index contributed by atoms with van der Waals surface area (Å²) >= 11 is 6.19. The molecule has 1 heterocycles. The van der Waals surface area contributed by atoms with E-state index >= 15 is 0 Å². The number of para-hydroxylation sites is 1. The molecule has 4 nitrogen and oxygen atoms in total. The molecule has 1 aromatic heterocycles. The molecule has 0 bridgehead atoms. The SMILES string of the molecule is Cc1cc(N(C)c2ccccc2)nc(NCc2ccccc2Cl)n1. The van der Waals surface area contributed by atoms with Crippen molar-refractivity contribution in [3.63, 3.8) is 0 Å². The standard InChI is InChI=1S/C19H19ClN4/c1-14-12-18(24(2)16-9-4-3-5-10-16)23-19(22-14)21-13-15-8-6-7-11-17(15)20/h3-12H,13H2,1-2H3,(H,21,22,23). The fourth-order valence-electron chi connectivity index (χ4n) is 2.40. The fourth-order valence-corrected chi connectivity index (χ4v) is 2.61. The number of aryl methyl sites for hydroxylation is 1. The summed E-state index contributed by atoms with van der Waals surface area (Å²) in [7, 11) is 1.99. The van der Waals surface area contributed by atoms with Gasteiger partial charge in [0.15, 0.2) is 0 Å². The molecule has 0 atom stereocenters. The molecular formula is C19H19ClN4. The lowest BCUT2D eigenvalue weighted by molar-refractivity contribution is 1.01. The van der Waals surface area contributed by atoms with Crippen LogP contribution in [0.15, 0.2) is 60.7 Å². The Morgan fingerprint density at radius 1 is 1.00 bits per heavy atom. The third-order valence-electron chi connectivity index (χ3n) is 3.72. The molecule has 0 unspecified atom stereocenters. The second-order valence-corrected chi connectivity index (χ2v) is 5.94. The van der Waals surface area contributed by atoms with Gasteiger partial charge < -0.3 is 10.2 Å². The predicted molar refractivity (Wildman–Crippen MR) is 100 cm³/mol. The van der Waals surface area contributed by atoms with Crippen molar-refractivity contribution in [3.05, 3.63) is 76.9 Å². The quantitative estimate of drug-likeness (QED) is 0.724. The zero-order valence-corrected chi connectivity index (χ0v) is 14.5. The van der Waals surface area contributed by atoms with Gasteiger partial charge in [0.05, 0.1) is 0 Å². The van der Waals surface area contributed by atoms with Crippen molar-refractivity contribution >= 4 is 29.1 Å². The molecular weight excluding hydrogens is 320 g/mol. The number of nitrogens with zero attached hydrogens (tertiary/aromatic N) is 3. The first kappa shape index (κ1) is 16.3. The number of aromatic nitrogens is 2. The molecule has 0 fully saturated rings. The minimum atomic E-state index is 0.581. The average Bonchev–Trinajstić information content (AvgIpc) is 2.61. The maximum Gasteiger partial charge on any atom is 0.225 e. The smallest absolute Gasteiger partial charge is 0.225 e. The van der Waals surface area contributed by atoms with Crippen LogP contribution in [0.4, 0.5) is 17.5 Å². The Bertz CT molecular complexity index is 821. The maximum atomic E-state index is 6.19. The molecule has 122 valence electrons. The Morgan fingerprint density at radius 3 is 2.46 bits per heavy atom. The highest BCUT2D eigenvalue weighted by molar-refractivity contribution is 6.31. The largest absolute Gasteiger partial charge is 0.350 e. The minimum absolute atomic E-state index is 0.581. The monoisotopic (exact) mass is 338 g/mol. The van der Waals surface area contributed by atoms with E-state index in [1.54, 1.807) is 0 Å². The van der Waals surface area contributed by atoms with Gasteiger partial charge in [0.2, 0.25) is 5.95 Å². The molecule has 0 saturated carbocycles. The van der Waals surface area contributed by atoms with Gasteiger partial charge in [-0.3, -0.25) is 0 Å². The lowest BCUT2D eigenvalue weighted by atomic mass is 10.2. The van der Waals surface area contributed by atoms with Crippen LogP contribution >= 0.6 is 11.6 Å². The summed E-state index contributed by atoms with van der Waals surface area (Å²) in [6, 6.07) is 19.8. The Balaban J connectivity index is 1.80. The van der Waals surface area contributed by atoms with E-state index in [-0.39, 0.29) is 0 Å². The van der Waals surface area contributed by atoms with Crippen LogP contribution in [0.1, 0.15) is 11.3 Å². The molecule has 0 aliphatic carbocycles. The van der Waals surface area contributed by atoms with Crippen molar-refractivity contribution in [3.8, 4) is 0 Å². The van der Waals surface area contributed by atoms with E-state index in [0.29, 0.717) is 12.5 Å². The second-order valence-electron chi connectivity index (χ2n) is 5.53. The number of benzene rings is 2. The summed E-state index contributed by atoms with van der Waals surface area (Å²) in [5.74, 6) is 1.43. The third kappa shape index (κ3) is 3.84. The van der Waals surface area contributed by atoms with Crippen LogP contribution in [0.5, 0.6) is 0 Å². The van der Waals surface area contributed by atoms with Crippen LogP contribution in [0.2, 0.25) is 5.02 Å². The predicted octanol–water partition coefficient (Wildman–Crippen LogP) is 4.82. The highest BCUT2D eigenvalue weighted by Crippen LogP contribution is 2.23. The Labute approximate surface area is 147 Å². The number of hydrogen-bond acceptors (Lipinski definition) is 4. The molecule has 5 heteroatoms. The number of halogens is 1. The van der Waals surface area contributed by atoms with Gasteiger partial charge >= 0.3 is 0 Å². The number of hydrogen-bond donors (Lipinski definition) is 1. The average molecular weight is 339 g/mol. The zero-order valence-electron chi connectivity index (χ0n) is 13.7. The Hall–Kier alpha value is -2.59. The van der Waals surface area contributed by atoms with Gasteiger partial charge in [-0.1, -0.05) is 48.0 Å². The molecule has 2 aromatic carbocycles. The van der Waals surface area contributed by atoms with Gasteiger partial charge in [0.25, 0.3) is 0 Å². The van der Waals surface area contributed by atoms with Crippen molar-refractivity contribution in [1.82, 2.24) is 9.97 Å². The van der Waals surface area contributed by atoms with Crippen LogP contribution in [0.3, 0.4) is 0 Å². The number of rotatable bonds is 5. The van der Waals surface area contributed by atoms with E-state index in [9.17, 15) is 0 Å². The maximum absolute atomic E-state index is 6.19. The van der Waals surface area contributed by atoms with Crippen LogP contribution in [-0.4, -0.2) is 17.0 Å². The Kier molecular flexibility index (Phi) is 4.96. The molecule has 0 aliphatic rings. The van der Waals surface area contributed by atoms with Crippen LogP contribution in [-0.2, 0) is 6.54 Å². The highest BCUT2D eigenvalue weighted by atomic mass is 35.5. The van der Waals surface area contributed by atoms with E-state index in [0.717, 1.165) is 27.8 Å². The highest BCUT2D eigenvalue weighted by Gasteiger charge is 2.09. The van der Waals surface area contributed by atoms with Crippen molar-refractivity contribution in [2.45, 2.75) is 13.5 Å². The molecule has 0 amide bonds. The lowest BCUT2D eigenvalue weighted by Crippen LogP contribution is -2.14. The first-order valence-corrected chi connectivity index (χ1v) is 8.13. The summed E-state index contributed by atoms with van der Waals surface area (Å²) in [5, 5.41) is 3.99. The van der Waals surface area contributed by atoms with Crippen molar-refractivity contribution in [2.24, 2.45) is 0 Å². The van der Waals surface area contributed by atoms with E-state index in [1.165, 1.54) is 0 Å². The molecule has 0 spiro atoms. The first-order chi connectivity index (χ1) is 11.6. The summed E-state index contributed by atoms with van der Waals surface area (Å²) < 4.78 is 0. The van der Waals surface area contributed by atoms with Gasteiger partial charge in [-0.05, 0) is 30.7 Å². The molecule has 1 N–H and O–H groups in total. The third-order valence-corrected chi connectivity index (χ3v) is 4.09. The van der Waals surface area contributed by atoms with E-state index < -0.39 is 0 Å². The minimum Gasteiger partial charge on any atom is -0.350 e. The summed E-state index contributed by atoms with van der Waals surface area (Å²) in [6.45, 7) is 2.54.